The maximum Gasteiger partial charge on any atom is 0.151 e. The fraction of sp³-hybridized carbons (Fsp3) is 0.417. The SMILES string of the molecule is CN1C(S)N(C)C(S)N(c2cc(C=O)c(Cl)cc2F)C1S. The van der Waals surface area contributed by atoms with Crippen LogP contribution in [0, 0.1) is 5.82 Å². The molecule has 0 aromatic heterocycles. The summed E-state index contributed by atoms with van der Waals surface area (Å²) in [4.78, 5) is 16.3. The van der Waals surface area contributed by atoms with Crippen molar-refractivity contribution in [1.82, 2.24) is 9.80 Å². The molecule has 1 fully saturated rings. The summed E-state index contributed by atoms with van der Waals surface area (Å²) in [5.41, 5.74) is -0.706. The first-order valence-electron chi connectivity index (χ1n) is 6.00. The largest absolute Gasteiger partial charge is 0.320 e. The molecule has 9 heteroatoms. The molecule has 1 heterocycles. The fourth-order valence-corrected chi connectivity index (χ4v) is 3.65. The summed E-state index contributed by atoms with van der Waals surface area (Å²) in [7, 11) is 3.62. The zero-order chi connectivity index (χ0) is 15.9. The minimum absolute atomic E-state index is 0.0727. The summed E-state index contributed by atoms with van der Waals surface area (Å²) in [5.74, 6) is -0.539. The molecule has 0 N–H and O–H groups in total. The molecule has 1 aromatic rings. The van der Waals surface area contributed by atoms with Crippen LogP contribution in [0.1, 0.15) is 10.4 Å². The van der Waals surface area contributed by atoms with Gasteiger partial charge in [-0.05, 0) is 26.2 Å². The van der Waals surface area contributed by atoms with Crippen LogP contribution in [0.3, 0.4) is 0 Å². The number of rotatable bonds is 2. The van der Waals surface area contributed by atoms with Gasteiger partial charge < -0.3 is 4.90 Å². The van der Waals surface area contributed by atoms with E-state index in [1.807, 2.05) is 23.9 Å². The molecule has 4 nitrogen and oxygen atoms in total. The maximum absolute atomic E-state index is 14.3. The van der Waals surface area contributed by atoms with E-state index in [0.29, 0.717) is 6.29 Å². The van der Waals surface area contributed by atoms with Gasteiger partial charge in [-0.2, -0.15) is 0 Å². The van der Waals surface area contributed by atoms with Crippen molar-refractivity contribution in [3.05, 3.63) is 28.5 Å². The topological polar surface area (TPSA) is 26.8 Å². The van der Waals surface area contributed by atoms with E-state index in [0.717, 1.165) is 6.07 Å². The molecule has 0 spiro atoms. The lowest BCUT2D eigenvalue weighted by Crippen LogP contribution is -2.64. The Morgan fingerprint density at radius 1 is 1.14 bits per heavy atom. The molecular weight excluding hydrogens is 353 g/mol. The van der Waals surface area contributed by atoms with Crippen LogP contribution in [-0.4, -0.2) is 46.7 Å². The van der Waals surface area contributed by atoms with Gasteiger partial charge in [-0.25, -0.2) is 4.39 Å². The Kier molecular flexibility index (Phi) is 5.38. The summed E-state index contributed by atoms with van der Waals surface area (Å²) < 4.78 is 14.3. The molecule has 1 aliphatic rings. The lowest BCUT2D eigenvalue weighted by atomic mass is 10.2. The van der Waals surface area contributed by atoms with Crippen LogP contribution in [0.15, 0.2) is 12.1 Å². The van der Waals surface area contributed by atoms with Crippen molar-refractivity contribution in [1.29, 1.82) is 0 Å². The number of benzene rings is 1. The van der Waals surface area contributed by atoms with Gasteiger partial charge in [0.25, 0.3) is 0 Å². The summed E-state index contributed by atoms with van der Waals surface area (Å²) in [5, 5.41) is 0.0727. The van der Waals surface area contributed by atoms with Crippen LogP contribution in [-0.2, 0) is 0 Å². The zero-order valence-corrected chi connectivity index (χ0v) is 14.8. The molecule has 0 saturated carbocycles. The highest BCUT2D eigenvalue weighted by molar-refractivity contribution is 7.82. The Bertz CT molecular complexity index is 549. The lowest BCUT2D eigenvalue weighted by Gasteiger charge is -2.52. The third-order valence-electron chi connectivity index (χ3n) is 3.43. The van der Waals surface area contributed by atoms with Crippen molar-refractivity contribution < 1.29 is 9.18 Å². The average Bonchev–Trinajstić information content (AvgIpc) is 2.45. The molecule has 116 valence electrons. The van der Waals surface area contributed by atoms with Crippen LogP contribution in [0.5, 0.6) is 0 Å². The van der Waals surface area contributed by atoms with Crippen molar-refractivity contribution in [2.45, 2.75) is 16.5 Å². The second kappa shape index (κ2) is 6.55. The van der Waals surface area contributed by atoms with E-state index >= 15 is 0 Å². The summed E-state index contributed by atoms with van der Waals surface area (Å²) >= 11 is 19.3. The second-order valence-corrected chi connectivity index (χ2v) is 6.51. The van der Waals surface area contributed by atoms with Crippen molar-refractivity contribution in [2.24, 2.45) is 0 Å². The zero-order valence-electron chi connectivity index (χ0n) is 11.3. The normalized spacial score (nSPS) is 28.0. The molecule has 1 aromatic carbocycles. The molecule has 1 aliphatic heterocycles. The molecule has 0 amide bonds. The molecular formula is C12H15ClFN3OS3. The molecule has 0 bridgehead atoms. The quantitative estimate of drug-likeness (QED) is 0.553. The van der Waals surface area contributed by atoms with E-state index in [1.54, 1.807) is 4.90 Å². The van der Waals surface area contributed by atoms with Gasteiger partial charge in [0.2, 0.25) is 0 Å². The Hall–Kier alpha value is -0.120. The highest BCUT2D eigenvalue weighted by Gasteiger charge is 2.39. The molecule has 0 radical (unpaired) electrons. The second-order valence-electron chi connectivity index (χ2n) is 4.72. The highest BCUT2D eigenvalue weighted by Crippen LogP contribution is 2.36. The predicted molar refractivity (Wildman–Crippen MR) is 93.1 cm³/mol. The molecule has 1 saturated heterocycles. The minimum Gasteiger partial charge on any atom is -0.320 e. The average molecular weight is 368 g/mol. The number of hydrogen-bond acceptors (Lipinski definition) is 7. The summed E-state index contributed by atoms with van der Waals surface area (Å²) in [6, 6.07) is 2.52. The standard InChI is InChI=1S/C12H15ClFN3OS3/c1-15-10(19)16(2)12(21)17(11(15)20)9-3-6(5-18)7(13)4-8(9)14/h3-5,10-12,19-21H,1-2H3. The molecule has 2 unspecified atom stereocenters. The molecule has 2 rings (SSSR count). The third kappa shape index (κ3) is 3.02. The Morgan fingerprint density at radius 2 is 1.67 bits per heavy atom. The summed E-state index contributed by atoms with van der Waals surface area (Å²) in [6.45, 7) is 0. The van der Waals surface area contributed by atoms with Crippen molar-refractivity contribution >= 4 is 61.5 Å². The predicted octanol–water partition coefficient (Wildman–Crippen LogP) is 2.62. The number of thiol groups is 3. The highest BCUT2D eigenvalue weighted by atomic mass is 35.5. The van der Waals surface area contributed by atoms with Crippen LogP contribution in [0.25, 0.3) is 0 Å². The fourth-order valence-electron chi connectivity index (χ4n) is 2.13. The first-order valence-corrected chi connectivity index (χ1v) is 7.93. The van der Waals surface area contributed by atoms with E-state index in [4.69, 9.17) is 11.6 Å². The van der Waals surface area contributed by atoms with Crippen molar-refractivity contribution in [3.8, 4) is 0 Å². The Morgan fingerprint density at radius 3 is 2.14 bits per heavy atom. The number of aldehydes is 1. The van der Waals surface area contributed by atoms with E-state index in [2.05, 4.69) is 37.9 Å². The van der Waals surface area contributed by atoms with E-state index < -0.39 is 16.8 Å². The lowest BCUT2D eigenvalue weighted by molar-refractivity contribution is 0.0825. The van der Waals surface area contributed by atoms with Gasteiger partial charge in [-0.1, -0.05) is 11.6 Å². The molecule has 2 atom stereocenters. The van der Waals surface area contributed by atoms with Gasteiger partial charge in [0.15, 0.2) is 6.29 Å². The number of carbonyl (C=O) groups excluding carboxylic acids is 1. The van der Waals surface area contributed by atoms with Crippen LogP contribution in [0.4, 0.5) is 10.1 Å². The van der Waals surface area contributed by atoms with Crippen LogP contribution in [0.2, 0.25) is 5.02 Å². The van der Waals surface area contributed by atoms with E-state index in [1.165, 1.54) is 6.07 Å². The van der Waals surface area contributed by atoms with E-state index in [-0.39, 0.29) is 21.8 Å². The van der Waals surface area contributed by atoms with Gasteiger partial charge in [0.1, 0.15) is 22.3 Å². The number of anilines is 1. The van der Waals surface area contributed by atoms with Crippen molar-refractivity contribution in [2.75, 3.05) is 19.0 Å². The van der Waals surface area contributed by atoms with Gasteiger partial charge in [0.05, 0.1) is 10.7 Å². The smallest absolute Gasteiger partial charge is 0.151 e. The summed E-state index contributed by atoms with van der Waals surface area (Å²) in [6.07, 6.45) is 0.588. The Balaban J connectivity index is 2.51. The minimum atomic E-state index is -0.539. The van der Waals surface area contributed by atoms with Gasteiger partial charge >= 0.3 is 0 Å². The number of halogens is 2. The molecule has 0 aliphatic carbocycles. The number of nitrogens with zero attached hydrogens (tertiary/aromatic N) is 3. The number of hydrogen-bond donors (Lipinski definition) is 3. The van der Waals surface area contributed by atoms with Crippen LogP contribution >= 0.6 is 49.5 Å². The van der Waals surface area contributed by atoms with E-state index in [9.17, 15) is 9.18 Å². The first kappa shape index (κ1) is 17.2. The van der Waals surface area contributed by atoms with Gasteiger partial charge in [0, 0.05) is 5.56 Å². The third-order valence-corrected chi connectivity index (χ3v) is 5.71. The first-order chi connectivity index (χ1) is 9.79. The number of carbonyl (C=O) groups is 1. The monoisotopic (exact) mass is 367 g/mol. The van der Waals surface area contributed by atoms with Crippen LogP contribution < -0.4 is 4.90 Å². The van der Waals surface area contributed by atoms with Gasteiger partial charge in [-0.15, -0.1) is 37.9 Å². The van der Waals surface area contributed by atoms with Gasteiger partial charge in [-0.3, -0.25) is 14.6 Å². The maximum atomic E-state index is 14.3. The Labute approximate surface area is 144 Å². The molecule has 21 heavy (non-hydrogen) atoms. The van der Waals surface area contributed by atoms with Crippen molar-refractivity contribution in [3.63, 3.8) is 0 Å².